The van der Waals surface area contributed by atoms with Gasteiger partial charge in [0, 0.05) is 6.08 Å². The second-order valence-electron chi connectivity index (χ2n) is 1.95. The number of cyclic esters (lactones) is 1. The molecule has 0 radical (unpaired) electrons. The molecule has 11 heavy (non-hydrogen) atoms. The van der Waals surface area contributed by atoms with Crippen molar-refractivity contribution in [3.63, 3.8) is 0 Å². The molecule has 1 N–H and O–H groups in total. The number of aliphatic hydroxyl groups is 1. The molecule has 0 fully saturated rings. The lowest BCUT2D eigenvalue weighted by Crippen LogP contribution is -2.41. The Balaban J connectivity index is 2.88. The highest BCUT2D eigenvalue weighted by Crippen LogP contribution is 2.41. The summed E-state index contributed by atoms with van der Waals surface area (Å²) in [5.74, 6) is -2.87. The van der Waals surface area contributed by atoms with E-state index in [1.807, 2.05) is 0 Å². The molecule has 0 saturated heterocycles. The minimum Gasteiger partial charge on any atom is -0.421 e. The van der Waals surface area contributed by atoms with Gasteiger partial charge in [-0.1, -0.05) is 34.8 Å². The van der Waals surface area contributed by atoms with Gasteiger partial charge in [-0.3, -0.25) is 0 Å². The second kappa shape index (κ2) is 2.52. The van der Waals surface area contributed by atoms with Gasteiger partial charge in [-0.05, 0) is 6.08 Å². The molecule has 1 heterocycles. The number of carbonyl (C=O) groups is 1. The number of hydrogen-bond donors (Lipinski definition) is 1. The van der Waals surface area contributed by atoms with Crippen LogP contribution in [-0.2, 0) is 9.53 Å². The zero-order chi connectivity index (χ0) is 8.70. The SMILES string of the molecule is O=C1C=CC(O)(C(Cl)(Cl)Cl)O1. The number of hydrogen-bond acceptors (Lipinski definition) is 3. The first kappa shape index (κ1) is 9.13. The highest BCUT2D eigenvalue weighted by Gasteiger charge is 2.51. The highest BCUT2D eigenvalue weighted by atomic mass is 35.6. The number of esters is 1. The molecular weight excluding hydrogens is 214 g/mol. The summed E-state index contributed by atoms with van der Waals surface area (Å²) in [6, 6.07) is 0. The van der Waals surface area contributed by atoms with E-state index >= 15 is 0 Å². The van der Waals surface area contributed by atoms with Crippen LogP contribution < -0.4 is 0 Å². The van der Waals surface area contributed by atoms with Gasteiger partial charge < -0.3 is 9.84 Å². The van der Waals surface area contributed by atoms with Crippen LogP contribution in [0.1, 0.15) is 0 Å². The topological polar surface area (TPSA) is 46.5 Å². The van der Waals surface area contributed by atoms with Gasteiger partial charge >= 0.3 is 5.97 Å². The standard InChI is InChI=1S/C5H3Cl3O3/c6-5(7,8)4(10)2-1-3(9)11-4/h1-2,10H. The Morgan fingerprint density at radius 3 is 2.27 bits per heavy atom. The Kier molecular flexibility index (Phi) is 2.09. The zero-order valence-corrected chi connectivity index (χ0v) is 7.32. The summed E-state index contributed by atoms with van der Waals surface area (Å²) in [5.41, 5.74) is 0. The van der Waals surface area contributed by atoms with E-state index in [9.17, 15) is 9.90 Å². The largest absolute Gasteiger partial charge is 0.421 e. The van der Waals surface area contributed by atoms with Crippen molar-refractivity contribution in [3.8, 4) is 0 Å². The van der Waals surface area contributed by atoms with Crippen LogP contribution >= 0.6 is 34.8 Å². The van der Waals surface area contributed by atoms with Crippen molar-refractivity contribution >= 4 is 40.8 Å². The molecule has 1 aliphatic heterocycles. The summed E-state index contributed by atoms with van der Waals surface area (Å²) < 4.78 is 2.26. The molecule has 6 heteroatoms. The van der Waals surface area contributed by atoms with E-state index in [-0.39, 0.29) is 0 Å². The minimum atomic E-state index is -2.13. The first-order chi connectivity index (χ1) is 4.85. The number of ether oxygens (including phenoxy) is 1. The van der Waals surface area contributed by atoms with Gasteiger partial charge in [0.25, 0.3) is 9.58 Å². The van der Waals surface area contributed by atoms with Crippen LogP contribution in [0.3, 0.4) is 0 Å². The van der Waals surface area contributed by atoms with Gasteiger partial charge in [0.2, 0.25) is 0 Å². The maximum absolute atomic E-state index is 10.5. The average molecular weight is 217 g/mol. The van der Waals surface area contributed by atoms with Gasteiger partial charge in [-0.25, -0.2) is 4.79 Å². The van der Waals surface area contributed by atoms with Crippen LogP contribution in [0.25, 0.3) is 0 Å². The molecule has 0 bridgehead atoms. The molecule has 1 unspecified atom stereocenters. The van der Waals surface area contributed by atoms with Crippen LogP contribution in [0.4, 0.5) is 0 Å². The average Bonchev–Trinajstić information content (AvgIpc) is 2.10. The number of alkyl halides is 3. The molecule has 0 saturated carbocycles. The van der Waals surface area contributed by atoms with Crippen molar-refractivity contribution in [2.45, 2.75) is 9.58 Å². The van der Waals surface area contributed by atoms with Crippen LogP contribution in [0, 0.1) is 0 Å². The monoisotopic (exact) mass is 216 g/mol. The second-order valence-corrected chi connectivity index (χ2v) is 4.23. The molecule has 1 rings (SSSR count). The maximum Gasteiger partial charge on any atom is 0.333 e. The van der Waals surface area contributed by atoms with Crippen LogP contribution in [0.2, 0.25) is 0 Å². The minimum absolute atomic E-state index is 0.737. The molecule has 0 spiro atoms. The molecule has 1 aliphatic rings. The van der Waals surface area contributed by atoms with Crippen molar-refractivity contribution < 1.29 is 14.6 Å². The van der Waals surface area contributed by atoms with Gasteiger partial charge in [-0.15, -0.1) is 0 Å². The quantitative estimate of drug-likeness (QED) is 0.489. The first-order valence-electron chi connectivity index (χ1n) is 2.56. The van der Waals surface area contributed by atoms with Crippen LogP contribution in [0.15, 0.2) is 12.2 Å². The first-order valence-corrected chi connectivity index (χ1v) is 3.70. The summed E-state index contributed by atoms with van der Waals surface area (Å²) in [7, 11) is 0. The Bertz CT molecular complexity index is 220. The molecule has 0 amide bonds. The van der Waals surface area contributed by atoms with E-state index in [1.165, 1.54) is 0 Å². The van der Waals surface area contributed by atoms with Gasteiger partial charge in [0.15, 0.2) is 0 Å². The number of carbonyl (C=O) groups excluding carboxylic acids is 1. The summed E-state index contributed by atoms with van der Waals surface area (Å²) >= 11 is 15.9. The predicted molar refractivity (Wildman–Crippen MR) is 40.5 cm³/mol. The predicted octanol–water partition coefficient (Wildman–Crippen LogP) is 1.16. The molecule has 0 aromatic carbocycles. The van der Waals surface area contributed by atoms with Crippen LogP contribution in [0.5, 0.6) is 0 Å². The number of halogens is 3. The van der Waals surface area contributed by atoms with Gasteiger partial charge in [-0.2, -0.15) is 0 Å². The van der Waals surface area contributed by atoms with Crippen molar-refractivity contribution in [2.24, 2.45) is 0 Å². The van der Waals surface area contributed by atoms with Gasteiger partial charge in [0.05, 0.1) is 0 Å². The summed E-state index contributed by atoms with van der Waals surface area (Å²) in [6.07, 6.45) is 1.98. The third kappa shape index (κ3) is 1.62. The Labute approximate surface area is 77.5 Å². The summed E-state index contributed by atoms with van der Waals surface area (Å²) in [6.45, 7) is 0. The van der Waals surface area contributed by atoms with Crippen molar-refractivity contribution in [1.82, 2.24) is 0 Å². The Morgan fingerprint density at radius 1 is 1.55 bits per heavy atom. The van der Waals surface area contributed by atoms with E-state index < -0.39 is 15.5 Å². The summed E-state index contributed by atoms with van der Waals surface area (Å²) in [5, 5.41) is 9.27. The highest BCUT2D eigenvalue weighted by molar-refractivity contribution is 6.68. The lowest BCUT2D eigenvalue weighted by Gasteiger charge is -2.26. The van der Waals surface area contributed by atoms with Crippen molar-refractivity contribution in [2.75, 3.05) is 0 Å². The normalized spacial score (nSPS) is 30.7. The molecule has 0 aromatic heterocycles. The van der Waals surface area contributed by atoms with Gasteiger partial charge in [0.1, 0.15) is 0 Å². The van der Waals surface area contributed by atoms with E-state index in [0.717, 1.165) is 12.2 Å². The number of rotatable bonds is 0. The summed E-state index contributed by atoms with van der Waals surface area (Å²) in [4.78, 5) is 10.5. The zero-order valence-electron chi connectivity index (χ0n) is 5.05. The lowest BCUT2D eigenvalue weighted by molar-refractivity contribution is -0.176. The third-order valence-electron chi connectivity index (χ3n) is 1.11. The third-order valence-corrected chi connectivity index (χ3v) is 1.92. The van der Waals surface area contributed by atoms with E-state index in [4.69, 9.17) is 34.8 Å². The van der Waals surface area contributed by atoms with E-state index in [0.29, 0.717) is 0 Å². The fourth-order valence-electron chi connectivity index (χ4n) is 0.555. The van der Waals surface area contributed by atoms with Crippen LogP contribution in [-0.4, -0.2) is 20.7 Å². The van der Waals surface area contributed by atoms with Crippen molar-refractivity contribution in [3.05, 3.63) is 12.2 Å². The molecular formula is C5H3Cl3O3. The molecule has 1 atom stereocenters. The Hall–Kier alpha value is 0.0400. The maximum atomic E-state index is 10.5. The fraction of sp³-hybridized carbons (Fsp3) is 0.400. The van der Waals surface area contributed by atoms with E-state index in [1.54, 1.807) is 0 Å². The Morgan fingerprint density at radius 2 is 2.09 bits per heavy atom. The lowest BCUT2D eigenvalue weighted by atomic mass is 10.3. The fourth-order valence-corrected chi connectivity index (χ4v) is 0.859. The van der Waals surface area contributed by atoms with E-state index in [2.05, 4.69) is 4.74 Å². The molecule has 62 valence electrons. The molecule has 3 nitrogen and oxygen atoms in total. The smallest absolute Gasteiger partial charge is 0.333 e. The molecule has 0 aromatic rings. The van der Waals surface area contributed by atoms with Crippen molar-refractivity contribution in [1.29, 1.82) is 0 Å². The molecule has 0 aliphatic carbocycles.